The van der Waals surface area contributed by atoms with Crippen LogP contribution in [0, 0.1) is 10.1 Å². The highest BCUT2D eigenvalue weighted by Crippen LogP contribution is 2.22. The van der Waals surface area contributed by atoms with Gasteiger partial charge in [-0.05, 0) is 6.07 Å². The summed E-state index contributed by atoms with van der Waals surface area (Å²) in [6, 6.07) is 3.51. The van der Waals surface area contributed by atoms with E-state index < -0.39 is 16.7 Å². The number of benzene rings is 1. The molecule has 0 radical (unpaired) electrons. The maximum atomic E-state index is 12.1. The molecule has 2 heterocycles. The van der Waals surface area contributed by atoms with Crippen LogP contribution in [0.1, 0.15) is 26.9 Å². The monoisotopic (exact) mass is 453 g/mol. The number of rotatable bonds is 8. The molecule has 2 aromatic heterocycles. The summed E-state index contributed by atoms with van der Waals surface area (Å²) in [5.74, 6) is -1.16. The summed E-state index contributed by atoms with van der Waals surface area (Å²) in [5, 5.41) is 23.8. The molecule has 0 aliphatic rings. The molecule has 12 nitrogen and oxygen atoms in total. The summed E-state index contributed by atoms with van der Waals surface area (Å²) in [4.78, 5) is 38.2. The van der Waals surface area contributed by atoms with E-state index in [1.165, 1.54) is 23.0 Å². The van der Waals surface area contributed by atoms with E-state index in [1.54, 1.807) is 6.20 Å². The Balaban J connectivity index is 1.46. The number of hydrogen-bond donors (Lipinski definition) is 2. The summed E-state index contributed by atoms with van der Waals surface area (Å²) in [5.41, 5.74) is -0.146. The lowest BCUT2D eigenvalue weighted by Gasteiger charge is -2.07. The second-order valence-corrected chi connectivity index (χ2v) is 6.65. The minimum atomic E-state index is -0.616. The van der Waals surface area contributed by atoms with Gasteiger partial charge in [-0.3, -0.25) is 24.4 Å². The van der Waals surface area contributed by atoms with Crippen LogP contribution in [0.25, 0.3) is 0 Å². The second kappa shape index (κ2) is 9.33. The number of aromatic nitrogens is 4. The smallest absolute Gasteiger partial charge is 0.316 e. The van der Waals surface area contributed by atoms with Crippen LogP contribution in [0.15, 0.2) is 35.1 Å². The van der Waals surface area contributed by atoms with Crippen molar-refractivity contribution in [2.75, 3.05) is 13.1 Å². The summed E-state index contributed by atoms with van der Waals surface area (Å²) in [7, 11) is 0. The van der Waals surface area contributed by atoms with E-state index in [1.807, 2.05) is 0 Å². The van der Waals surface area contributed by atoms with Crippen molar-refractivity contribution < 1.29 is 19.0 Å². The first kappa shape index (κ1) is 21.2. The molecule has 30 heavy (non-hydrogen) atoms. The van der Waals surface area contributed by atoms with Gasteiger partial charge in [0, 0.05) is 31.4 Å². The van der Waals surface area contributed by atoms with Crippen molar-refractivity contribution in [2.24, 2.45) is 0 Å². The number of amides is 2. The fourth-order valence-corrected chi connectivity index (χ4v) is 2.72. The average Bonchev–Trinajstić information content (AvgIpc) is 3.34. The van der Waals surface area contributed by atoms with E-state index in [2.05, 4.69) is 25.9 Å². The quantitative estimate of drug-likeness (QED) is 0.296. The van der Waals surface area contributed by atoms with Crippen molar-refractivity contribution >= 4 is 40.7 Å². The van der Waals surface area contributed by atoms with Crippen LogP contribution in [-0.2, 0) is 6.54 Å². The summed E-state index contributed by atoms with van der Waals surface area (Å²) in [6.45, 7) is 0.321. The average molecular weight is 454 g/mol. The Morgan fingerprint density at radius 1 is 1.20 bits per heavy atom. The van der Waals surface area contributed by atoms with Gasteiger partial charge in [0.25, 0.3) is 11.6 Å². The largest absolute Gasteiger partial charge is 0.350 e. The minimum Gasteiger partial charge on any atom is -0.350 e. The van der Waals surface area contributed by atoms with Gasteiger partial charge in [-0.15, -0.1) is 0 Å². The van der Waals surface area contributed by atoms with Gasteiger partial charge in [0.05, 0.1) is 26.7 Å². The number of nitrogens with one attached hydrogen (secondary N) is 2. The van der Waals surface area contributed by atoms with Gasteiger partial charge >= 0.3 is 11.8 Å². The third kappa shape index (κ3) is 5.30. The first-order valence-electron chi connectivity index (χ1n) is 8.34. The Labute approximate surface area is 178 Å². The van der Waals surface area contributed by atoms with Crippen molar-refractivity contribution in [1.29, 1.82) is 0 Å². The summed E-state index contributed by atoms with van der Waals surface area (Å²) < 4.78 is 6.37. The number of halogens is 2. The van der Waals surface area contributed by atoms with E-state index in [9.17, 15) is 19.7 Å². The second-order valence-electron chi connectivity index (χ2n) is 5.80. The van der Waals surface area contributed by atoms with E-state index >= 15 is 0 Å². The van der Waals surface area contributed by atoms with Crippen LogP contribution < -0.4 is 10.6 Å². The van der Waals surface area contributed by atoms with Gasteiger partial charge in [0.15, 0.2) is 5.82 Å². The fraction of sp³-hybridized carbons (Fsp3) is 0.188. The number of non-ortho nitro benzene ring substituents is 1. The molecule has 0 aliphatic heterocycles. The molecule has 3 rings (SSSR count). The zero-order valence-corrected chi connectivity index (χ0v) is 16.6. The van der Waals surface area contributed by atoms with E-state index in [0.29, 0.717) is 5.02 Å². The van der Waals surface area contributed by atoms with Crippen LogP contribution in [0.5, 0.6) is 0 Å². The molecule has 0 atom stereocenters. The molecule has 1 aromatic carbocycles. The van der Waals surface area contributed by atoms with E-state index in [0.717, 1.165) is 6.07 Å². The molecule has 0 bridgehead atoms. The number of carbonyl (C=O) groups excluding carboxylic acids is 2. The standard InChI is InChI=1S/C16H13Cl2N7O5/c17-9-6-21-24(7-9)8-13-22-16(30-23-13)15(27)20-4-3-19-14(26)11-2-1-10(25(28)29)5-12(11)18/h1-2,5-7H,3-4,8H2,(H,19,26)(H,20,27). The van der Waals surface area contributed by atoms with Gasteiger partial charge in [-0.25, -0.2) is 0 Å². The van der Waals surface area contributed by atoms with E-state index in [-0.39, 0.29) is 47.6 Å². The van der Waals surface area contributed by atoms with Crippen molar-refractivity contribution in [3.05, 3.63) is 68.0 Å². The molecule has 156 valence electrons. The number of nitro groups is 1. The molecule has 0 saturated carbocycles. The molecule has 3 aromatic rings. The Kier molecular flexibility index (Phi) is 6.59. The van der Waals surface area contributed by atoms with Gasteiger partial charge in [-0.1, -0.05) is 28.4 Å². The van der Waals surface area contributed by atoms with Crippen LogP contribution >= 0.6 is 23.2 Å². The number of nitrogens with zero attached hydrogens (tertiary/aromatic N) is 5. The molecular weight excluding hydrogens is 441 g/mol. The SMILES string of the molecule is O=C(NCCNC(=O)c1ccc([N+](=O)[O-])cc1Cl)c1nc(Cn2cc(Cl)cn2)no1. The molecule has 2 amide bonds. The number of hydrogen-bond acceptors (Lipinski definition) is 8. The Hall–Kier alpha value is -3.51. The van der Waals surface area contributed by atoms with Crippen LogP contribution in [0.4, 0.5) is 5.69 Å². The predicted molar refractivity (Wildman–Crippen MR) is 103 cm³/mol. The van der Waals surface area contributed by atoms with Crippen molar-refractivity contribution in [3.8, 4) is 0 Å². The molecule has 0 spiro atoms. The fourth-order valence-electron chi connectivity index (χ4n) is 2.30. The lowest BCUT2D eigenvalue weighted by molar-refractivity contribution is -0.384. The highest BCUT2D eigenvalue weighted by Gasteiger charge is 2.17. The molecule has 2 N–H and O–H groups in total. The molecule has 0 aliphatic carbocycles. The normalized spacial score (nSPS) is 10.6. The summed E-state index contributed by atoms with van der Waals surface area (Å²) in [6.07, 6.45) is 3.02. The zero-order valence-electron chi connectivity index (χ0n) is 15.0. The number of nitro benzene ring substituents is 1. The lowest BCUT2D eigenvalue weighted by Crippen LogP contribution is -2.35. The van der Waals surface area contributed by atoms with Gasteiger partial charge < -0.3 is 15.2 Å². The van der Waals surface area contributed by atoms with Gasteiger partial charge in [0.2, 0.25) is 0 Å². The molecule has 14 heteroatoms. The van der Waals surface area contributed by atoms with Crippen molar-refractivity contribution in [2.45, 2.75) is 6.54 Å². The molecule has 0 unspecified atom stereocenters. The predicted octanol–water partition coefficient (Wildman–Crippen LogP) is 1.69. The maximum absolute atomic E-state index is 12.1. The van der Waals surface area contributed by atoms with Crippen LogP contribution in [-0.4, -0.2) is 49.7 Å². The lowest BCUT2D eigenvalue weighted by atomic mass is 10.2. The van der Waals surface area contributed by atoms with Gasteiger partial charge in [0.1, 0.15) is 6.54 Å². The third-order valence-electron chi connectivity index (χ3n) is 3.67. The Morgan fingerprint density at radius 2 is 1.93 bits per heavy atom. The zero-order chi connectivity index (χ0) is 21.7. The first-order valence-corrected chi connectivity index (χ1v) is 9.10. The van der Waals surface area contributed by atoms with Crippen LogP contribution in [0.2, 0.25) is 10.0 Å². The Bertz CT molecular complexity index is 1100. The first-order chi connectivity index (χ1) is 14.3. The number of carbonyl (C=O) groups is 2. The molecule has 0 saturated heterocycles. The van der Waals surface area contributed by atoms with Crippen molar-refractivity contribution in [3.63, 3.8) is 0 Å². The van der Waals surface area contributed by atoms with E-state index in [4.69, 9.17) is 27.7 Å². The topological polar surface area (TPSA) is 158 Å². The highest BCUT2D eigenvalue weighted by atomic mass is 35.5. The van der Waals surface area contributed by atoms with Crippen LogP contribution in [0.3, 0.4) is 0 Å². The molecular formula is C16H13Cl2N7O5. The molecule has 0 fully saturated rings. The van der Waals surface area contributed by atoms with Gasteiger partial charge in [-0.2, -0.15) is 10.1 Å². The Morgan fingerprint density at radius 3 is 2.57 bits per heavy atom. The highest BCUT2D eigenvalue weighted by molar-refractivity contribution is 6.34. The minimum absolute atomic E-state index is 0.0532. The van der Waals surface area contributed by atoms with Crippen molar-refractivity contribution in [1.82, 2.24) is 30.6 Å². The third-order valence-corrected chi connectivity index (χ3v) is 4.18. The summed E-state index contributed by atoms with van der Waals surface area (Å²) >= 11 is 11.7. The maximum Gasteiger partial charge on any atom is 0.316 e.